The van der Waals surface area contributed by atoms with Gasteiger partial charge in [-0.1, -0.05) is 5.11 Å². The van der Waals surface area contributed by atoms with E-state index in [0.29, 0.717) is 19.5 Å². The summed E-state index contributed by atoms with van der Waals surface area (Å²) in [5.74, 6) is 0.139. The molecule has 2 aromatic rings. The predicted molar refractivity (Wildman–Crippen MR) is 70.6 cm³/mol. The maximum absolute atomic E-state index is 12.0. The lowest BCUT2D eigenvalue weighted by Crippen LogP contribution is -2.24. The molecule has 1 aliphatic heterocycles. The van der Waals surface area contributed by atoms with Gasteiger partial charge in [-0.15, -0.1) is 0 Å². The van der Waals surface area contributed by atoms with Crippen molar-refractivity contribution in [1.29, 1.82) is 0 Å². The summed E-state index contributed by atoms with van der Waals surface area (Å²) >= 11 is 0. The molecule has 0 saturated carbocycles. The minimum Gasteiger partial charge on any atom is -0.346 e. The van der Waals surface area contributed by atoms with Crippen LogP contribution in [0, 0.1) is 5.92 Å². The minimum absolute atomic E-state index is 0.0508. The number of nitrogens with zero attached hydrogens (tertiary/aromatic N) is 5. The molecule has 0 bridgehead atoms. The van der Waals surface area contributed by atoms with Crippen molar-refractivity contribution in [2.24, 2.45) is 11.0 Å². The second-order valence-electron chi connectivity index (χ2n) is 4.60. The first-order valence-electron chi connectivity index (χ1n) is 6.02. The third kappa shape index (κ3) is 2.11. The molecule has 1 unspecified atom stereocenters. The van der Waals surface area contributed by atoms with Crippen molar-refractivity contribution < 1.29 is 4.79 Å². The van der Waals surface area contributed by atoms with E-state index < -0.39 is 0 Å². The Balaban J connectivity index is 1.85. The number of hydrogen-bond donors (Lipinski definition) is 1. The molecule has 3 heterocycles. The van der Waals surface area contributed by atoms with Gasteiger partial charge in [0, 0.05) is 36.0 Å². The van der Waals surface area contributed by atoms with Crippen LogP contribution in [-0.2, 0) is 4.79 Å². The van der Waals surface area contributed by atoms with Crippen LogP contribution in [0.2, 0.25) is 0 Å². The number of carbonyl (C=O) groups excluding carboxylic acids is 1. The second kappa shape index (κ2) is 4.62. The molecule has 1 atom stereocenters. The maximum atomic E-state index is 12.0. The molecule has 2 aromatic heterocycles. The van der Waals surface area contributed by atoms with E-state index >= 15 is 0 Å². The third-order valence-corrected chi connectivity index (χ3v) is 3.31. The highest BCUT2D eigenvalue weighted by molar-refractivity contribution is 5.97. The van der Waals surface area contributed by atoms with Crippen LogP contribution in [0.5, 0.6) is 0 Å². The van der Waals surface area contributed by atoms with E-state index in [4.69, 9.17) is 5.53 Å². The fourth-order valence-electron chi connectivity index (χ4n) is 2.38. The van der Waals surface area contributed by atoms with E-state index in [2.05, 4.69) is 20.0 Å². The molecular weight excluding hydrogens is 244 g/mol. The number of hydrogen-bond acceptors (Lipinski definition) is 3. The Morgan fingerprint density at radius 2 is 2.53 bits per heavy atom. The second-order valence-corrected chi connectivity index (χ2v) is 4.60. The van der Waals surface area contributed by atoms with E-state index in [9.17, 15) is 4.79 Å². The van der Waals surface area contributed by atoms with Crippen LogP contribution in [0.3, 0.4) is 0 Å². The number of anilines is 1. The van der Waals surface area contributed by atoms with E-state index in [0.717, 1.165) is 16.7 Å². The zero-order chi connectivity index (χ0) is 13.2. The molecule has 1 fully saturated rings. The van der Waals surface area contributed by atoms with Crippen molar-refractivity contribution in [3.8, 4) is 0 Å². The van der Waals surface area contributed by atoms with Gasteiger partial charge in [0.15, 0.2) is 0 Å². The van der Waals surface area contributed by atoms with Gasteiger partial charge in [-0.3, -0.25) is 4.79 Å². The summed E-state index contributed by atoms with van der Waals surface area (Å²) in [6.45, 7) is 0.939. The molecule has 1 amide bonds. The molecule has 0 spiro atoms. The summed E-state index contributed by atoms with van der Waals surface area (Å²) in [5.41, 5.74) is 9.92. The van der Waals surface area contributed by atoms with E-state index in [1.165, 1.54) is 0 Å². The highest BCUT2D eigenvalue weighted by atomic mass is 16.2. The average molecular weight is 256 g/mol. The smallest absolute Gasteiger partial charge is 0.227 e. The fourth-order valence-corrected chi connectivity index (χ4v) is 2.38. The first-order valence-corrected chi connectivity index (χ1v) is 6.02. The first-order chi connectivity index (χ1) is 9.28. The minimum atomic E-state index is 0.0508. The van der Waals surface area contributed by atoms with E-state index in [1.807, 2.05) is 18.3 Å². The molecule has 0 radical (unpaired) electrons. The molecule has 1 aliphatic rings. The Kier molecular flexibility index (Phi) is 2.81. The van der Waals surface area contributed by atoms with Gasteiger partial charge in [0.1, 0.15) is 5.65 Å². The highest BCUT2D eigenvalue weighted by Crippen LogP contribution is 2.26. The van der Waals surface area contributed by atoms with Crippen LogP contribution in [0.1, 0.15) is 6.42 Å². The standard InChI is InChI=1S/C12H12N6O/c13-17-16-5-8-3-11(19)18(7-8)10-4-9-1-2-14-12(9)15-6-10/h1-2,4,6,8H,3,5,7H2,(H,14,15). The molecular formula is C12H12N6O. The van der Waals surface area contributed by atoms with Crippen molar-refractivity contribution in [2.45, 2.75) is 6.42 Å². The molecule has 0 aliphatic carbocycles. The molecule has 7 heteroatoms. The summed E-state index contributed by atoms with van der Waals surface area (Å²) in [5, 5.41) is 4.51. The number of azide groups is 1. The van der Waals surface area contributed by atoms with Crippen LogP contribution in [0.15, 0.2) is 29.6 Å². The Labute approximate surface area is 108 Å². The molecule has 1 N–H and O–H groups in total. The fraction of sp³-hybridized carbons (Fsp3) is 0.333. The zero-order valence-corrected chi connectivity index (χ0v) is 10.2. The van der Waals surface area contributed by atoms with Crippen molar-refractivity contribution >= 4 is 22.6 Å². The molecule has 3 rings (SSSR count). The van der Waals surface area contributed by atoms with Gasteiger partial charge in [0.2, 0.25) is 5.91 Å². The summed E-state index contributed by atoms with van der Waals surface area (Å²) in [7, 11) is 0. The number of nitrogens with one attached hydrogen (secondary N) is 1. The van der Waals surface area contributed by atoms with Gasteiger partial charge >= 0.3 is 0 Å². The number of carbonyl (C=O) groups is 1. The molecule has 96 valence electrons. The van der Waals surface area contributed by atoms with Gasteiger partial charge in [-0.2, -0.15) is 0 Å². The predicted octanol–water partition coefficient (Wildman–Crippen LogP) is 2.23. The molecule has 1 saturated heterocycles. The first kappa shape index (κ1) is 11.6. The lowest BCUT2D eigenvalue weighted by Gasteiger charge is -2.15. The van der Waals surface area contributed by atoms with Gasteiger partial charge in [-0.05, 0) is 23.6 Å². The number of aromatic nitrogens is 2. The van der Waals surface area contributed by atoms with Gasteiger partial charge < -0.3 is 9.88 Å². The lowest BCUT2D eigenvalue weighted by atomic mass is 10.1. The normalized spacial score (nSPS) is 18.8. The number of amides is 1. The third-order valence-electron chi connectivity index (χ3n) is 3.31. The summed E-state index contributed by atoms with van der Waals surface area (Å²) in [6.07, 6.45) is 3.93. The largest absolute Gasteiger partial charge is 0.346 e. The molecule has 0 aromatic carbocycles. The van der Waals surface area contributed by atoms with Crippen molar-refractivity contribution in [1.82, 2.24) is 9.97 Å². The Bertz CT molecular complexity index is 672. The van der Waals surface area contributed by atoms with Crippen LogP contribution < -0.4 is 4.90 Å². The van der Waals surface area contributed by atoms with Crippen LogP contribution >= 0.6 is 0 Å². The average Bonchev–Trinajstić information content (AvgIpc) is 3.01. The number of aromatic amines is 1. The number of rotatable bonds is 3. The summed E-state index contributed by atoms with van der Waals surface area (Å²) in [6, 6.07) is 3.86. The van der Waals surface area contributed by atoms with Crippen molar-refractivity contribution in [2.75, 3.05) is 18.0 Å². The monoisotopic (exact) mass is 256 g/mol. The number of H-pyrrole nitrogens is 1. The van der Waals surface area contributed by atoms with Crippen molar-refractivity contribution in [3.05, 3.63) is 35.0 Å². The molecule has 19 heavy (non-hydrogen) atoms. The van der Waals surface area contributed by atoms with Gasteiger partial charge in [0.05, 0.1) is 11.9 Å². The van der Waals surface area contributed by atoms with E-state index in [-0.39, 0.29) is 11.8 Å². The number of fused-ring (bicyclic) bond motifs is 1. The van der Waals surface area contributed by atoms with Crippen LogP contribution in [-0.4, -0.2) is 29.0 Å². The van der Waals surface area contributed by atoms with E-state index in [1.54, 1.807) is 11.1 Å². The summed E-state index contributed by atoms with van der Waals surface area (Å²) < 4.78 is 0. The Hall–Kier alpha value is -2.53. The van der Waals surface area contributed by atoms with Crippen LogP contribution in [0.4, 0.5) is 5.69 Å². The maximum Gasteiger partial charge on any atom is 0.227 e. The molecule has 7 nitrogen and oxygen atoms in total. The van der Waals surface area contributed by atoms with Gasteiger partial charge in [-0.25, -0.2) is 4.98 Å². The zero-order valence-electron chi connectivity index (χ0n) is 10.2. The summed E-state index contributed by atoms with van der Waals surface area (Å²) in [4.78, 5) is 23.7. The Morgan fingerprint density at radius 1 is 1.63 bits per heavy atom. The lowest BCUT2D eigenvalue weighted by molar-refractivity contribution is -0.117. The quantitative estimate of drug-likeness (QED) is 0.517. The Morgan fingerprint density at radius 3 is 3.37 bits per heavy atom. The number of pyridine rings is 1. The van der Waals surface area contributed by atoms with Crippen LogP contribution in [0.25, 0.3) is 21.5 Å². The topological polar surface area (TPSA) is 97.8 Å². The van der Waals surface area contributed by atoms with Gasteiger partial charge in [0.25, 0.3) is 0 Å². The SMILES string of the molecule is [N-]=[N+]=NCC1CC(=O)N(c2cnc3[nH]ccc3c2)C1. The van der Waals surface area contributed by atoms with Crippen molar-refractivity contribution in [3.63, 3.8) is 0 Å². The highest BCUT2D eigenvalue weighted by Gasteiger charge is 2.30.